The number of carbonyl (C=O) groups is 1. The first-order valence-electron chi connectivity index (χ1n) is 9.12. The number of thiophene rings is 1. The van der Waals surface area contributed by atoms with E-state index in [0.29, 0.717) is 46.1 Å². The van der Waals surface area contributed by atoms with Crippen molar-refractivity contribution in [2.45, 2.75) is 20.0 Å². The zero-order valence-corrected chi connectivity index (χ0v) is 16.8. The number of aryl methyl sites for hydroxylation is 2. The third-order valence-electron chi connectivity index (χ3n) is 4.87. The maximum Gasteiger partial charge on any atom is 0.264 e. The normalized spacial score (nSPS) is 15.6. The molecule has 1 atom stereocenters. The van der Waals surface area contributed by atoms with Crippen LogP contribution >= 0.6 is 11.3 Å². The first-order chi connectivity index (χ1) is 13.5. The molecule has 2 aromatic heterocycles. The van der Waals surface area contributed by atoms with Crippen molar-refractivity contribution in [2.24, 2.45) is 7.05 Å². The molecule has 0 fully saturated rings. The predicted octanol–water partition coefficient (Wildman–Crippen LogP) is 2.61. The molecule has 1 aromatic carbocycles. The molecule has 0 bridgehead atoms. The van der Waals surface area contributed by atoms with Gasteiger partial charge in [-0.3, -0.25) is 9.59 Å². The van der Waals surface area contributed by atoms with E-state index in [9.17, 15) is 9.59 Å². The molecule has 0 spiro atoms. The van der Waals surface area contributed by atoms with Crippen molar-refractivity contribution in [1.82, 2.24) is 14.5 Å². The van der Waals surface area contributed by atoms with Crippen LogP contribution in [0.2, 0.25) is 0 Å². The third-order valence-corrected chi connectivity index (χ3v) is 6.05. The number of nitrogens with zero attached hydrogens (tertiary/aromatic N) is 3. The van der Waals surface area contributed by atoms with Crippen LogP contribution in [0.3, 0.4) is 0 Å². The molecule has 1 aliphatic rings. The van der Waals surface area contributed by atoms with Gasteiger partial charge in [0.1, 0.15) is 11.4 Å². The van der Waals surface area contributed by atoms with Crippen LogP contribution in [0.4, 0.5) is 0 Å². The molecule has 0 saturated heterocycles. The Morgan fingerprint density at radius 2 is 2.11 bits per heavy atom. The highest BCUT2D eigenvalue weighted by Gasteiger charge is 2.28. The highest BCUT2D eigenvalue weighted by Crippen LogP contribution is 2.32. The van der Waals surface area contributed by atoms with E-state index in [-0.39, 0.29) is 17.6 Å². The van der Waals surface area contributed by atoms with Crippen molar-refractivity contribution in [3.8, 4) is 11.5 Å². The van der Waals surface area contributed by atoms with Crippen LogP contribution in [0.1, 0.15) is 22.2 Å². The number of hydrogen-bond donors (Lipinski definition) is 0. The summed E-state index contributed by atoms with van der Waals surface area (Å²) < 4.78 is 13.2. The first-order valence-corrected chi connectivity index (χ1v) is 9.93. The van der Waals surface area contributed by atoms with Gasteiger partial charge in [0, 0.05) is 13.6 Å². The highest BCUT2D eigenvalue weighted by molar-refractivity contribution is 7.20. The van der Waals surface area contributed by atoms with E-state index in [2.05, 4.69) is 4.98 Å². The van der Waals surface area contributed by atoms with Gasteiger partial charge in [0.2, 0.25) is 0 Å². The lowest BCUT2D eigenvalue weighted by atomic mass is 10.2. The fourth-order valence-corrected chi connectivity index (χ4v) is 4.42. The smallest absolute Gasteiger partial charge is 0.264 e. The number of carbonyl (C=O) groups excluding carboxylic acids is 1. The van der Waals surface area contributed by atoms with Crippen molar-refractivity contribution < 1.29 is 14.3 Å². The lowest BCUT2D eigenvalue weighted by molar-refractivity contribution is 0.0477. The number of rotatable bonds is 4. The molecule has 3 aromatic rings. The second kappa shape index (κ2) is 7.27. The van der Waals surface area contributed by atoms with Gasteiger partial charge in [-0.15, -0.1) is 11.3 Å². The summed E-state index contributed by atoms with van der Waals surface area (Å²) >= 11 is 1.26. The summed E-state index contributed by atoms with van der Waals surface area (Å²) in [6.07, 6.45) is 1.23. The van der Waals surface area contributed by atoms with Crippen molar-refractivity contribution in [3.05, 3.63) is 51.4 Å². The summed E-state index contributed by atoms with van der Waals surface area (Å²) in [5, 5.41) is 0.514. The van der Waals surface area contributed by atoms with Crippen LogP contribution < -0.4 is 15.0 Å². The molecule has 8 heteroatoms. The molecule has 1 aliphatic heterocycles. The molecular formula is C20H21N3O4S. The molecule has 1 amide bonds. The number of amides is 1. The Bertz CT molecular complexity index is 1100. The predicted molar refractivity (Wildman–Crippen MR) is 108 cm³/mol. The summed E-state index contributed by atoms with van der Waals surface area (Å²) in [7, 11) is 1.66. The van der Waals surface area contributed by atoms with Crippen molar-refractivity contribution >= 4 is 27.5 Å². The number of likely N-dealkylation sites (N-methyl/N-ethyl adjacent to an activating group) is 1. The van der Waals surface area contributed by atoms with Crippen molar-refractivity contribution in [1.29, 1.82) is 0 Å². The quantitative estimate of drug-likeness (QED) is 0.674. The Labute approximate surface area is 166 Å². The Morgan fingerprint density at radius 1 is 1.36 bits per heavy atom. The van der Waals surface area contributed by atoms with Gasteiger partial charge in [-0.25, -0.2) is 4.98 Å². The minimum absolute atomic E-state index is 0.118. The topological polar surface area (TPSA) is 73.7 Å². The standard InChI is InChI=1S/C20H21N3O4S/c1-4-23(9-13-10-26-14-7-5-6-8-15(14)27-13)20(25)17-12(2)16-18(28-17)21-11-22(3)19(16)24/h5-8,11,13H,4,9-10H2,1-3H3. The van der Waals surface area contributed by atoms with Crippen molar-refractivity contribution in [2.75, 3.05) is 19.7 Å². The van der Waals surface area contributed by atoms with Gasteiger partial charge < -0.3 is 18.9 Å². The monoisotopic (exact) mass is 399 g/mol. The zero-order valence-electron chi connectivity index (χ0n) is 16.0. The van der Waals surface area contributed by atoms with Gasteiger partial charge in [-0.1, -0.05) is 12.1 Å². The summed E-state index contributed by atoms with van der Waals surface area (Å²) in [6.45, 7) is 5.05. The van der Waals surface area contributed by atoms with E-state index < -0.39 is 0 Å². The van der Waals surface area contributed by atoms with E-state index in [1.807, 2.05) is 31.2 Å². The van der Waals surface area contributed by atoms with Crippen LogP contribution in [0.25, 0.3) is 10.2 Å². The maximum atomic E-state index is 13.2. The number of ether oxygens (including phenoxy) is 2. The third kappa shape index (κ3) is 3.13. The number of aromatic nitrogens is 2. The number of hydrogen-bond acceptors (Lipinski definition) is 6. The minimum Gasteiger partial charge on any atom is -0.486 e. The van der Waals surface area contributed by atoms with Gasteiger partial charge in [0.05, 0.1) is 23.1 Å². The average Bonchev–Trinajstić information content (AvgIpc) is 3.05. The average molecular weight is 399 g/mol. The Balaban J connectivity index is 1.58. The number of benzene rings is 1. The summed E-state index contributed by atoms with van der Waals surface area (Å²) in [5.41, 5.74) is 0.546. The minimum atomic E-state index is -0.250. The summed E-state index contributed by atoms with van der Waals surface area (Å²) in [6, 6.07) is 7.51. The van der Waals surface area contributed by atoms with E-state index in [1.54, 1.807) is 18.9 Å². The highest BCUT2D eigenvalue weighted by atomic mass is 32.1. The second-order valence-corrected chi connectivity index (χ2v) is 7.74. The van der Waals surface area contributed by atoms with Gasteiger partial charge >= 0.3 is 0 Å². The zero-order chi connectivity index (χ0) is 19.8. The molecule has 0 N–H and O–H groups in total. The fourth-order valence-electron chi connectivity index (χ4n) is 3.31. The maximum absolute atomic E-state index is 13.2. The van der Waals surface area contributed by atoms with Crippen LogP contribution in [0.5, 0.6) is 11.5 Å². The van der Waals surface area contributed by atoms with E-state index in [0.717, 1.165) is 5.75 Å². The lowest BCUT2D eigenvalue weighted by Crippen LogP contribution is -2.43. The van der Waals surface area contributed by atoms with Gasteiger partial charge in [0.25, 0.3) is 11.5 Å². The van der Waals surface area contributed by atoms with E-state index in [4.69, 9.17) is 9.47 Å². The van der Waals surface area contributed by atoms with E-state index >= 15 is 0 Å². The molecule has 0 saturated carbocycles. The summed E-state index contributed by atoms with van der Waals surface area (Å²) in [4.78, 5) is 32.8. The van der Waals surface area contributed by atoms with Crippen LogP contribution in [-0.4, -0.2) is 46.2 Å². The van der Waals surface area contributed by atoms with Gasteiger partial charge in [-0.05, 0) is 31.5 Å². The molecule has 0 aliphatic carbocycles. The molecule has 0 radical (unpaired) electrons. The fraction of sp³-hybridized carbons (Fsp3) is 0.350. The van der Waals surface area contributed by atoms with Crippen molar-refractivity contribution in [3.63, 3.8) is 0 Å². The molecule has 3 heterocycles. The van der Waals surface area contributed by atoms with E-state index in [1.165, 1.54) is 22.2 Å². The molecule has 28 heavy (non-hydrogen) atoms. The van der Waals surface area contributed by atoms with Crippen LogP contribution in [0, 0.1) is 6.92 Å². The van der Waals surface area contributed by atoms with Gasteiger partial charge in [-0.2, -0.15) is 0 Å². The molecule has 7 nitrogen and oxygen atoms in total. The molecule has 146 valence electrons. The first kappa shape index (κ1) is 18.5. The SMILES string of the molecule is CCN(CC1COc2ccccc2O1)C(=O)c1sc2ncn(C)c(=O)c2c1C. The Morgan fingerprint density at radius 3 is 2.86 bits per heavy atom. The molecular weight excluding hydrogens is 378 g/mol. The second-order valence-electron chi connectivity index (χ2n) is 6.74. The molecule has 1 unspecified atom stereocenters. The van der Waals surface area contributed by atoms with Crippen LogP contribution in [-0.2, 0) is 7.05 Å². The van der Waals surface area contributed by atoms with Crippen LogP contribution in [0.15, 0.2) is 35.4 Å². The van der Waals surface area contributed by atoms with Gasteiger partial charge in [0.15, 0.2) is 17.6 Å². The Hall–Kier alpha value is -2.87. The number of para-hydroxylation sites is 2. The molecule has 4 rings (SSSR count). The lowest BCUT2D eigenvalue weighted by Gasteiger charge is -2.30. The largest absolute Gasteiger partial charge is 0.486 e. The Kier molecular flexibility index (Phi) is 4.80. The number of fused-ring (bicyclic) bond motifs is 2. The summed E-state index contributed by atoms with van der Waals surface area (Å²) in [5.74, 6) is 1.29.